The summed E-state index contributed by atoms with van der Waals surface area (Å²) in [5, 5.41) is 0.775. The molecule has 6 heteroatoms. The van der Waals surface area contributed by atoms with E-state index in [-0.39, 0.29) is 23.2 Å². The summed E-state index contributed by atoms with van der Waals surface area (Å²) in [7, 11) is 0. The number of hydrogen-bond donors (Lipinski definition) is 0. The number of thioether (sulfide) groups is 1. The molecule has 31 heavy (non-hydrogen) atoms. The van der Waals surface area contributed by atoms with Crippen molar-refractivity contribution in [3.05, 3.63) is 64.2 Å². The molecule has 5 rings (SSSR count). The first-order chi connectivity index (χ1) is 14.9. The molecule has 2 aliphatic heterocycles. The Bertz CT molecular complexity index is 1020. The van der Waals surface area contributed by atoms with Gasteiger partial charge in [0.25, 0.3) is 0 Å². The second-order valence-corrected chi connectivity index (χ2v) is 10.9. The summed E-state index contributed by atoms with van der Waals surface area (Å²) in [6.45, 7) is 4.51. The van der Waals surface area contributed by atoms with Crippen molar-refractivity contribution in [2.45, 2.75) is 62.6 Å². The first-order valence-electron chi connectivity index (χ1n) is 11.1. The van der Waals surface area contributed by atoms with E-state index in [1.54, 1.807) is 23.9 Å². The van der Waals surface area contributed by atoms with Crippen LogP contribution < -0.4 is 4.90 Å². The number of amides is 3. The van der Waals surface area contributed by atoms with Gasteiger partial charge in [-0.25, -0.2) is 9.69 Å². The van der Waals surface area contributed by atoms with Crippen molar-refractivity contribution in [1.82, 2.24) is 4.90 Å². The highest BCUT2D eigenvalue weighted by molar-refractivity contribution is 8.01. The summed E-state index contributed by atoms with van der Waals surface area (Å²) < 4.78 is 0. The molecule has 2 aromatic carbocycles. The Morgan fingerprint density at radius 1 is 1.03 bits per heavy atom. The van der Waals surface area contributed by atoms with Gasteiger partial charge in [-0.2, -0.15) is 0 Å². The maximum Gasteiger partial charge on any atom is 0.332 e. The van der Waals surface area contributed by atoms with Crippen molar-refractivity contribution in [1.29, 1.82) is 0 Å². The van der Waals surface area contributed by atoms with Crippen molar-refractivity contribution < 1.29 is 9.59 Å². The highest BCUT2D eigenvalue weighted by Gasteiger charge is 2.57. The van der Waals surface area contributed by atoms with Gasteiger partial charge in [0.2, 0.25) is 5.91 Å². The minimum absolute atomic E-state index is 0.0349. The Morgan fingerprint density at radius 3 is 2.55 bits per heavy atom. The number of halogens is 1. The molecule has 162 valence electrons. The molecular formula is C25H27ClN2O2S. The summed E-state index contributed by atoms with van der Waals surface area (Å²) in [6, 6.07) is 13.5. The number of fused-ring (bicyclic) bond motifs is 3. The fraction of sp³-hybridized carbons (Fsp3) is 0.440. The Hall–Kier alpha value is -1.98. The van der Waals surface area contributed by atoms with Crippen LogP contribution in [0.3, 0.4) is 0 Å². The van der Waals surface area contributed by atoms with E-state index in [1.165, 1.54) is 23.3 Å². The minimum Gasteiger partial charge on any atom is -0.315 e. The van der Waals surface area contributed by atoms with Crippen LogP contribution in [0.4, 0.5) is 10.5 Å². The summed E-state index contributed by atoms with van der Waals surface area (Å²) in [5.41, 5.74) is 3.77. The molecule has 0 N–H and O–H groups in total. The SMILES string of the molecule is Cc1ccc(CN2C(=O)N(c3cc(Cl)ccc3C)C(=O)C3SC4CCCCC4C32)cc1. The predicted octanol–water partition coefficient (Wildman–Crippen LogP) is 5.97. The van der Waals surface area contributed by atoms with Crippen molar-refractivity contribution in [2.24, 2.45) is 5.92 Å². The van der Waals surface area contributed by atoms with Gasteiger partial charge in [0.05, 0.1) is 11.7 Å². The van der Waals surface area contributed by atoms with E-state index < -0.39 is 0 Å². The molecule has 2 aromatic rings. The highest BCUT2D eigenvalue weighted by atomic mass is 35.5. The van der Waals surface area contributed by atoms with Crippen molar-refractivity contribution in [3.8, 4) is 0 Å². The molecule has 1 saturated carbocycles. The van der Waals surface area contributed by atoms with Crippen molar-refractivity contribution >= 4 is 41.0 Å². The van der Waals surface area contributed by atoms with E-state index in [9.17, 15) is 9.59 Å². The smallest absolute Gasteiger partial charge is 0.315 e. The van der Waals surface area contributed by atoms with E-state index in [2.05, 4.69) is 31.2 Å². The number of anilines is 1. The van der Waals surface area contributed by atoms with Crippen molar-refractivity contribution in [3.63, 3.8) is 0 Å². The van der Waals surface area contributed by atoms with Crippen molar-refractivity contribution in [2.75, 3.05) is 4.90 Å². The molecule has 0 radical (unpaired) electrons. The van der Waals surface area contributed by atoms with Gasteiger partial charge in [0, 0.05) is 16.8 Å². The fourth-order valence-electron chi connectivity index (χ4n) is 5.36. The molecule has 2 heterocycles. The zero-order chi connectivity index (χ0) is 21.7. The van der Waals surface area contributed by atoms with Gasteiger partial charge in [0.1, 0.15) is 5.25 Å². The van der Waals surface area contributed by atoms with E-state index in [0.29, 0.717) is 28.4 Å². The fourth-order valence-corrected chi connectivity index (χ4v) is 7.44. The van der Waals surface area contributed by atoms with E-state index >= 15 is 0 Å². The number of imide groups is 1. The molecule has 3 amide bonds. The molecular weight excluding hydrogens is 428 g/mol. The van der Waals surface area contributed by atoms with Crippen LogP contribution >= 0.6 is 23.4 Å². The first kappa shape index (κ1) is 20.9. The van der Waals surface area contributed by atoms with Gasteiger partial charge in [0.15, 0.2) is 0 Å². The van der Waals surface area contributed by atoms with Gasteiger partial charge >= 0.3 is 6.03 Å². The van der Waals surface area contributed by atoms with Crippen LogP contribution in [0.15, 0.2) is 42.5 Å². The number of hydrogen-bond acceptors (Lipinski definition) is 3. The standard InChI is InChI=1S/C25H27ClN2O2S/c1-15-7-10-17(11-8-15)14-27-22-19-5-3-4-6-21(19)31-23(22)24(29)28(25(27)30)20-13-18(26)12-9-16(20)2/h7-13,19,21-23H,3-6,14H2,1-2H3. The molecule has 4 nitrogen and oxygen atoms in total. The lowest BCUT2D eigenvalue weighted by Crippen LogP contribution is -2.63. The molecule has 0 aromatic heterocycles. The van der Waals surface area contributed by atoms with Crippen LogP contribution in [0, 0.1) is 19.8 Å². The van der Waals surface area contributed by atoms with Crippen LogP contribution in [0.25, 0.3) is 0 Å². The molecule has 4 atom stereocenters. The van der Waals surface area contributed by atoms with Crippen LogP contribution in [0.1, 0.15) is 42.4 Å². The Morgan fingerprint density at radius 2 is 1.77 bits per heavy atom. The number of carbonyl (C=O) groups is 2. The van der Waals surface area contributed by atoms with Crippen LogP contribution in [0.2, 0.25) is 5.02 Å². The number of benzene rings is 2. The molecule has 0 bridgehead atoms. The zero-order valence-corrected chi connectivity index (χ0v) is 19.5. The second-order valence-electron chi connectivity index (χ2n) is 9.03. The quantitative estimate of drug-likeness (QED) is 0.573. The first-order valence-corrected chi connectivity index (χ1v) is 12.4. The predicted molar refractivity (Wildman–Crippen MR) is 127 cm³/mol. The number of aryl methyl sites for hydroxylation is 2. The molecule has 3 fully saturated rings. The van der Waals surface area contributed by atoms with Gasteiger partial charge < -0.3 is 4.90 Å². The van der Waals surface area contributed by atoms with E-state index in [4.69, 9.17) is 11.6 Å². The van der Waals surface area contributed by atoms with Gasteiger partial charge in [-0.15, -0.1) is 11.8 Å². The molecule has 4 unspecified atom stereocenters. The summed E-state index contributed by atoms with van der Waals surface area (Å²) >= 11 is 8.05. The second kappa shape index (κ2) is 8.18. The third-order valence-corrected chi connectivity index (χ3v) is 8.91. The van der Waals surface area contributed by atoms with Gasteiger partial charge in [-0.05, 0) is 55.9 Å². The number of rotatable bonds is 3. The third kappa shape index (κ3) is 3.66. The van der Waals surface area contributed by atoms with E-state index in [1.807, 2.05) is 17.9 Å². The summed E-state index contributed by atoms with van der Waals surface area (Å²) in [4.78, 5) is 30.9. The lowest BCUT2D eigenvalue weighted by atomic mass is 9.81. The summed E-state index contributed by atoms with van der Waals surface area (Å²) in [6.07, 6.45) is 4.63. The lowest BCUT2D eigenvalue weighted by molar-refractivity contribution is -0.120. The monoisotopic (exact) mass is 454 g/mol. The Kier molecular flexibility index (Phi) is 5.51. The largest absolute Gasteiger partial charge is 0.332 e. The lowest BCUT2D eigenvalue weighted by Gasteiger charge is -2.44. The molecule has 2 saturated heterocycles. The van der Waals surface area contributed by atoms with Crippen LogP contribution in [0.5, 0.6) is 0 Å². The number of nitrogens with zero attached hydrogens (tertiary/aromatic N) is 2. The third-order valence-electron chi connectivity index (χ3n) is 6.97. The average molecular weight is 455 g/mol. The van der Waals surface area contributed by atoms with Gasteiger partial charge in [-0.3, -0.25) is 4.79 Å². The normalized spacial score (nSPS) is 28.0. The number of urea groups is 1. The number of carbonyl (C=O) groups excluding carboxylic acids is 2. The molecule has 0 spiro atoms. The van der Waals surface area contributed by atoms with Gasteiger partial charge in [-0.1, -0.05) is 60.3 Å². The molecule has 1 aliphatic carbocycles. The Balaban J connectivity index is 1.57. The molecule has 3 aliphatic rings. The zero-order valence-electron chi connectivity index (χ0n) is 17.9. The maximum atomic E-state index is 13.9. The van der Waals surface area contributed by atoms with Crippen LogP contribution in [-0.2, 0) is 11.3 Å². The van der Waals surface area contributed by atoms with Crippen LogP contribution in [-0.4, -0.2) is 33.4 Å². The maximum absolute atomic E-state index is 13.9. The topological polar surface area (TPSA) is 40.6 Å². The minimum atomic E-state index is -0.219. The van der Waals surface area contributed by atoms with E-state index in [0.717, 1.165) is 24.0 Å². The average Bonchev–Trinajstić information content (AvgIpc) is 3.15. The summed E-state index contributed by atoms with van der Waals surface area (Å²) in [5.74, 6) is 0.310. The highest BCUT2D eigenvalue weighted by Crippen LogP contribution is 2.51. The Labute approximate surface area is 192 Å².